The first-order chi connectivity index (χ1) is 18.4. The first-order valence-corrected chi connectivity index (χ1v) is 13.3. The molecule has 3 amide bonds. The van der Waals surface area contributed by atoms with Crippen LogP contribution in [0.25, 0.3) is 11.0 Å². The smallest absolute Gasteiger partial charge is 0.410 e. The molecule has 2 aliphatic heterocycles. The van der Waals surface area contributed by atoms with Crippen LogP contribution < -0.4 is 11.0 Å². The Balaban J connectivity index is 1.36. The van der Waals surface area contributed by atoms with E-state index in [0.29, 0.717) is 30.7 Å². The highest BCUT2D eigenvalue weighted by molar-refractivity contribution is 6.00. The largest absolute Gasteiger partial charge is 0.480 e. The maximum absolute atomic E-state index is 13.0. The second-order valence-electron chi connectivity index (χ2n) is 11.3. The van der Waals surface area contributed by atoms with Gasteiger partial charge in [0, 0.05) is 26.6 Å². The minimum atomic E-state index is -0.963. The predicted octanol–water partition coefficient (Wildman–Crippen LogP) is 1.65. The number of piperazine rings is 1. The maximum Gasteiger partial charge on any atom is 0.410 e. The summed E-state index contributed by atoms with van der Waals surface area (Å²) in [5.41, 5.74) is 1.44. The Bertz CT molecular complexity index is 1340. The van der Waals surface area contributed by atoms with Crippen LogP contribution >= 0.6 is 0 Å². The van der Waals surface area contributed by atoms with Crippen LogP contribution in [0.3, 0.4) is 0 Å². The second-order valence-corrected chi connectivity index (χ2v) is 11.3. The standard InChI is InChI=1S/C27H37N5O7/c1-27(2,3)39-26(38)31-14-13-30(21(16-31)24(35)36)12-6-5-7-17-8-9-18-20(15-17)29(4)25(37)32(18)19-10-11-22(33)28-23(19)34/h8-9,15,19,21H,5-7,10-14,16H2,1-4H3,(H,35,36)(H,28,33,34)/t19?,21-/m1/s1. The number of benzene rings is 1. The lowest BCUT2D eigenvalue weighted by Gasteiger charge is -2.39. The number of nitrogens with one attached hydrogen (secondary N) is 1. The third-order valence-corrected chi connectivity index (χ3v) is 7.26. The Morgan fingerprint density at radius 3 is 2.51 bits per heavy atom. The number of carboxylic acid groups (broad SMARTS) is 1. The van der Waals surface area contributed by atoms with Gasteiger partial charge in [0.15, 0.2) is 0 Å². The molecule has 39 heavy (non-hydrogen) atoms. The molecule has 0 radical (unpaired) electrons. The van der Waals surface area contributed by atoms with Gasteiger partial charge in [-0.25, -0.2) is 9.59 Å². The molecule has 2 fully saturated rings. The van der Waals surface area contributed by atoms with Crippen molar-refractivity contribution < 1.29 is 29.0 Å². The van der Waals surface area contributed by atoms with Gasteiger partial charge in [0.1, 0.15) is 17.7 Å². The molecular weight excluding hydrogens is 506 g/mol. The summed E-state index contributed by atoms with van der Waals surface area (Å²) in [6.45, 7) is 6.87. The average Bonchev–Trinajstić information content (AvgIpc) is 3.10. The lowest BCUT2D eigenvalue weighted by atomic mass is 10.0. The fourth-order valence-corrected chi connectivity index (χ4v) is 5.25. The Labute approximate surface area is 226 Å². The topological polar surface area (TPSA) is 143 Å². The van der Waals surface area contributed by atoms with Gasteiger partial charge in [-0.1, -0.05) is 6.07 Å². The van der Waals surface area contributed by atoms with Crippen LogP contribution in [0.2, 0.25) is 0 Å². The van der Waals surface area contributed by atoms with Crippen molar-refractivity contribution in [2.24, 2.45) is 7.05 Å². The van der Waals surface area contributed by atoms with Gasteiger partial charge in [0.05, 0.1) is 17.6 Å². The highest BCUT2D eigenvalue weighted by Crippen LogP contribution is 2.24. The molecule has 2 atom stereocenters. The van der Waals surface area contributed by atoms with Crippen molar-refractivity contribution in [3.05, 3.63) is 34.2 Å². The normalized spacial score (nSPS) is 20.8. The van der Waals surface area contributed by atoms with E-state index in [1.54, 1.807) is 27.8 Å². The zero-order chi connectivity index (χ0) is 28.5. The number of aryl methyl sites for hydroxylation is 2. The number of fused-ring (bicyclic) bond motifs is 1. The molecule has 0 bridgehead atoms. The number of carboxylic acids is 1. The van der Waals surface area contributed by atoms with Gasteiger partial charge in [-0.2, -0.15) is 0 Å². The van der Waals surface area contributed by atoms with Gasteiger partial charge in [-0.05, 0) is 70.7 Å². The molecule has 12 nitrogen and oxygen atoms in total. The number of ether oxygens (including phenoxy) is 1. The molecule has 3 heterocycles. The van der Waals surface area contributed by atoms with Crippen LogP contribution in [0, 0.1) is 0 Å². The van der Waals surface area contributed by atoms with E-state index in [2.05, 4.69) is 5.32 Å². The summed E-state index contributed by atoms with van der Waals surface area (Å²) in [4.78, 5) is 64.6. The van der Waals surface area contributed by atoms with E-state index >= 15 is 0 Å². The number of aromatic nitrogens is 2. The van der Waals surface area contributed by atoms with Crippen LogP contribution in [-0.4, -0.2) is 85.7 Å². The van der Waals surface area contributed by atoms with Gasteiger partial charge in [0.25, 0.3) is 0 Å². The molecular formula is C27H37N5O7. The molecule has 2 aromatic rings. The first kappa shape index (κ1) is 28.3. The van der Waals surface area contributed by atoms with Gasteiger partial charge < -0.3 is 14.7 Å². The molecule has 0 aliphatic carbocycles. The van der Waals surface area contributed by atoms with E-state index in [-0.39, 0.29) is 31.0 Å². The Morgan fingerprint density at radius 1 is 1.10 bits per heavy atom. The maximum atomic E-state index is 13.0. The number of imidazole rings is 1. The molecule has 1 aromatic heterocycles. The van der Waals surface area contributed by atoms with Crippen molar-refractivity contribution >= 4 is 34.9 Å². The van der Waals surface area contributed by atoms with Crippen LogP contribution in [0.15, 0.2) is 23.0 Å². The number of piperidine rings is 1. The van der Waals surface area contributed by atoms with E-state index < -0.39 is 35.7 Å². The van der Waals surface area contributed by atoms with Gasteiger partial charge in [-0.3, -0.25) is 33.7 Å². The van der Waals surface area contributed by atoms with E-state index in [4.69, 9.17) is 4.74 Å². The molecule has 4 rings (SSSR count). The summed E-state index contributed by atoms with van der Waals surface area (Å²) < 4.78 is 8.38. The van der Waals surface area contributed by atoms with E-state index in [0.717, 1.165) is 24.8 Å². The Hall–Kier alpha value is -3.67. The Morgan fingerprint density at radius 2 is 1.85 bits per heavy atom. The van der Waals surface area contributed by atoms with Gasteiger partial charge >= 0.3 is 17.8 Å². The number of rotatable bonds is 7. The van der Waals surface area contributed by atoms with E-state index in [1.165, 1.54) is 14.0 Å². The minimum absolute atomic E-state index is 0.0824. The van der Waals surface area contributed by atoms with Crippen molar-refractivity contribution in [3.8, 4) is 0 Å². The first-order valence-electron chi connectivity index (χ1n) is 13.3. The van der Waals surface area contributed by atoms with Crippen LogP contribution in [0.5, 0.6) is 0 Å². The fraction of sp³-hybridized carbons (Fsp3) is 0.593. The molecule has 2 saturated heterocycles. The van der Waals surface area contributed by atoms with E-state index in [9.17, 15) is 29.1 Å². The highest BCUT2D eigenvalue weighted by atomic mass is 16.6. The molecule has 2 N–H and O–H groups in total. The van der Waals surface area contributed by atoms with Crippen LogP contribution in [-0.2, 0) is 32.6 Å². The highest BCUT2D eigenvalue weighted by Gasteiger charge is 2.35. The average molecular weight is 544 g/mol. The molecule has 12 heteroatoms. The zero-order valence-corrected chi connectivity index (χ0v) is 22.9. The number of amides is 3. The fourth-order valence-electron chi connectivity index (χ4n) is 5.25. The lowest BCUT2D eigenvalue weighted by Crippen LogP contribution is -2.58. The van der Waals surface area contributed by atoms with Crippen molar-refractivity contribution in [2.45, 2.75) is 70.6 Å². The number of imide groups is 1. The van der Waals surface area contributed by atoms with Crippen LogP contribution in [0.4, 0.5) is 4.79 Å². The minimum Gasteiger partial charge on any atom is -0.480 e. The summed E-state index contributed by atoms with van der Waals surface area (Å²) in [5.74, 6) is -1.75. The number of nitrogens with zero attached hydrogens (tertiary/aromatic N) is 4. The Kier molecular flexibility index (Phi) is 8.15. The summed E-state index contributed by atoms with van der Waals surface area (Å²) in [7, 11) is 1.67. The van der Waals surface area contributed by atoms with Crippen LogP contribution in [0.1, 0.15) is 58.1 Å². The monoisotopic (exact) mass is 543 g/mol. The van der Waals surface area contributed by atoms with Crippen molar-refractivity contribution in [1.82, 2.24) is 24.3 Å². The molecule has 1 aromatic carbocycles. The summed E-state index contributed by atoms with van der Waals surface area (Å²) >= 11 is 0. The summed E-state index contributed by atoms with van der Waals surface area (Å²) in [6, 6.07) is 4.21. The molecule has 212 valence electrons. The number of hydrogen-bond acceptors (Lipinski definition) is 7. The SMILES string of the molecule is Cn1c(=O)n(C2CCC(=O)NC2=O)c2ccc(CCCCN3CCN(C(=O)OC(C)(C)C)C[C@@H]3C(=O)O)cc21. The molecule has 2 aliphatic rings. The van der Waals surface area contributed by atoms with Gasteiger partial charge in [-0.15, -0.1) is 0 Å². The summed E-state index contributed by atoms with van der Waals surface area (Å²) in [5, 5.41) is 12.1. The third kappa shape index (κ3) is 6.32. The predicted molar refractivity (Wildman–Crippen MR) is 142 cm³/mol. The summed E-state index contributed by atoms with van der Waals surface area (Å²) in [6.07, 6.45) is 2.30. The lowest BCUT2D eigenvalue weighted by molar-refractivity contribution is -0.145. The number of carbonyl (C=O) groups excluding carboxylic acids is 3. The zero-order valence-electron chi connectivity index (χ0n) is 22.9. The third-order valence-electron chi connectivity index (χ3n) is 7.26. The second kappa shape index (κ2) is 11.2. The van der Waals surface area contributed by atoms with Crippen molar-refractivity contribution in [3.63, 3.8) is 0 Å². The number of unbranched alkanes of at least 4 members (excludes halogenated alkanes) is 1. The van der Waals surface area contributed by atoms with E-state index in [1.807, 2.05) is 23.1 Å². The molecule has 1 unspecified atom stereocenters. The number of hydrogen-bond donors (Lipinski definition) is 2. The molecule has 0 spiro atoms. The van der Waals surface area contributed by atoms with Crippen molar-refractivity contribution in [2.75, 3.05) is 26.2 Å². The molecule has 0 saturated carbocycles. The number of aliphatic carboxylic acids is 1. The van der Waals surface area contributed by atoms with Gasteiger partial charge in [0.2, 0.25) is 11.8 Å². The quantitative estimate of drug-likeness (QED) is 0.396. The number of carbonyl (C=O) groups is 4. The van der Waals surface area contributed by atoms with Crippen molar-refractivity contribution in [1.29, 1.82) is 0 Å².